The van der Waals surface area contributed by atoms with Crippen LogP contribution in [0.3, 0.4) is 0 Å². The Morgan fingerprint density at radius 3 is 1.23 bits per heavy atom. The van der Waals surface area contributed by atoms with E-state index in [2.05, 4.69) is 10.6 Å². The first-order valence-electron chi connectivity index (χ1n) is 14.4. The van der Waals surface area contributed by atoms with Gasteiger partial charge in [-0.25, -0.2) is 19.2 Å². The van der Waals surface area contributed by atoms with E-state index in [4.69, 9.17) is 65.6 Å². The highest BCUT2D eigenvalue weighted by molar-refractivity contribution is 6.35. The van der Waals surface area contributed by atoms with Crippen LogP contribution >= 0.6 is 46.4 Å². The van der Waals surface area contributed by atoms with Crippen molar-refractivity contribution in [3.05, 3.63) is 68.6 Å². The number of carbonyl (C=O) groups excluding carboxylic acids is 4. The molecule has 0 aliphatic carbocycles. The molecule has 0 aliphatic rings. The lowest BCUT2D eigenvalue weighted by Crippen LogP contribution is -2.45. The largest absolute Gasteiger partial charge is 0.491 e. The molecule has 264 valence electrons. The Labute approximate surface area is 299 Å². The normalized spacial score (nSPS) is 11.0. The maximum atomic E-state index is 12.8. The van der Waals surface area contributed by atoms with Crippen molar-refractivity contribution >= 4 is 70.4 Å². The molecule has 0 saturated carbocycles. The lowest BCUT2D eigenvalue weighted by Gasteiger charge is -2.22. The van der Waals surface area contributed by atoms with E-state index in [1.807, 2.05) is 38.0 Å². The number of benzene rings is 2. The lowest BCUT2D eigenvalue weighted by molar-refractivity contribution is -0.174. The van der Waals surface area contributed by atoms with Crippen molar-refractivity contribution in [2.24, 2.45) is 0 Å². The van der Waals surface area contributed by atoms with Gasteiger partial charge in [-0.1, -0.05) is 46.4 Å². The summed E-state index contributed by atoms with van der Waals surface area (Å²) in [6.45, 7) is 0.972. The van der Waals surface area contributed by atoms with Crippen LogP contribution in [0, 0.1) is 0 Å². The Balaban J connectivity index is 2.03. The van der Waals surface area contributed by atoms with Crippen LogP contribution in [-0.4, -0.2) is 125 Å². The molecular formula is C30H38Cl4N6O8. The molecule has 0 bridgehead atoms. The maximum absolute atomic E-state index is 12.8. The maximum Gasteiger partial charge on any atom is 0.356 e. The summed E-state index contributed by atoms with van der Waals surface area (Å²) in [5, 5.41) is 8.13. The molecule has 4 amide bonds. The van der Waals surface area contributed by atoms with Gasteiger partial charge in [0, 0.05) is 58.4 Å². The highest BCUT2D eigenvalue weighted by atomic mass is 35.5. The molecule has 0 atom stereocenters. The van der Waals surface area contributed by atoms with Gasteiger partial charge in [0.15, 0.2) is 0 Å². The van der Waals surface area contributed by atoms with Gasteiger partial charge in [-0.05, 0) is 64.6 Å². The van der Waals surface area contributed by atoms with Crippen LogP contribution in [0.2, 0.25) is 20.1 Å². The molecule has 0 radical (unpaired) electrons. The second kappa shape index (κ2) is 21.3. The fraction of sp³-hybridized carbons (Fsp3) is 0.400. The van der Waals surface area contributed by atoms with Crippen LogP contribution in [0.1, 0.15) is 0 Å². The fourth-order valence-electron chi connectivity index (χ4n) is 3.46. The Morgan fingerprint density at radius 2 is 0.917 bits per heavy atom. The van der Waals surface area contributed by atoms with Crippen molar-refractivity contribution in [2.45, 2.75) is 0 Å². The summed E-state index contributed by atoms with van der Waals surface area (Å²) in [7, 11) is 7.31. The minimum atomic E-state index is -1.08. The second-order valence-corrected chi connectivity index (χ2v) is 12.1. The summed E-state index contributed by atoms with van der Waals surface area (Å²) >= 11 is 24.0. The summed E-state index contributed by atoms with van der Waals surface area (Å²) in [6.07, 6.45) is 1.49. The smallest absolute Gasteiger partial charge is 0.356 e. The number of hydrogen-bond donors (Lipinski definition) is 2. The molecular weight excluding hydrogens is 714 g/mol. The first-order valence-corrected chi connectivity index (χ1v) is 15.9. The highest BCUT2D eigenvalue weighted by Crippen LogP contribution is 2.25. The first kappa shape index (κ1) is 40.5. The predicted octanol–water partition coefficient (Wildman–Crippen LogP) is 4.38. The van der Waals surface area contributed by atoms with Gasteiger partial charge in [-0.15, -0.1) is 10.1 Å². The molecule has 0 aliphatic heterocycles. The monoisotopic (exact) mass is 750 g/mol. The van der Waals surface area contributed by atoms with Crippen molar-refractivity contribution < 1.29 is 38.3 Å². The van der Waals surface area contributed by atoms with Crippen molar-refractivity contribution in [3.63, 3.8) is 0 Å². The van der Waals surface area contributed by atoms with Crippen LogP contribution in [0.5, 0.6) is 11.5 Å². The molecule has 0 saturated heterocycles. The zero-order valence-corrected chi connectivity index (χ0v) is 29.9. The molecule has 0 aromatic heterocycles. The van der Waals surface area contributed by atoms with Crippen LogP contribution in [0.25, 0.3) is 0 Å². The summed E-state index contributed by atoms with van der Waals surface area (Å²) in [4.78, 5) is 64.8. The van der Waals surface area contributed by atoms with Gasteiger partial charge in [0.05, 0.1) is 13.1 Å². The number of hydrogen-bond acceptors (Lipinski definition) is 10. The predicted molar refractivity (Wildman–Crippen MR) is 183 cm³/mol. The van der Waals surface area contributed by atoms with E-state index in [0.717, 1.165) is 22.3 Å². The van der Waals surface area contributed by atoms with Gasteiger partial charge in [0.25, 0.3) is 0 Å². The van der Waals surface area contributed by atoms with Crippen LogP contribution in [0.15, 0.2) is 48.6 Å². The number of amides is 4. The number of halogens is 4. The SMILES string of the molecule is CN(C)CCNC(=O)N(CCOc1cc(Cl)cc(Cl)c1)OC(=O)/C=C/C(=O)ON(CCOc1cc(Cl)cc(Cl)c1)C(=O)NCCN(C)C. The summed E-state index contributed by atoms with van der Waals surface area (Å²) in [5.74, 6) is -1.48. The van der Waals surface area contributed by atoms with Crippen molar-refractivity contribution in [2.75, 3.05) is 80.7 Å². The van der Waals surface area contributed by atoms with Gasteiger partial charge in [-0.2, -0.15) is 0 Å². The quantitative estimate of drug-likeness (QED) is 0.188. The Morgan fingerprint density at radius 1 is 0.583 bits per heavy atom. The van der Waals surface area contributed by atoms with Crippen molar-refractivity contribution in [1.82, 2.24) is 30.6 Å². The third-order valence-electron chi connectivity index (χ3n) is 5.68. The van der Waals surface area contributed by atoms with E-state index in [-0.39, 0.29) is 39.4 Å². The molecule has 0 heterocycles. The van der Waals surface area contributed by atoms with E-state index >= 15 is 0 Å². The number of urea groups is 2. The molecule has 0 fully saturated rings. The van der Waals surface area contributed by atoms with E-state index in [1.54, 1.807) is 0 Å². The molecule has 14 nitrogen and oxygen atoms in total. The third-order valence-corrected chi connectivity index (χ3v) is 6.55. The molecule has 0 unspecified atom stereocenters. The Kier molecular flexibility index (Phi) is 18.0. The number of carbonyl (C=O) groups is 4. The van der Waals surface area contributed by atoms with Gasteiger partial charge in [0.2, 0.25) is 0 Å². The van der Waals surface area contributed by atoms with E-state index in [1.165, 1.54) is 36.4 Å². The second-order valence-electron chi connectivity index (χ2n) is 10.3. The average Bonchev–Trinajstić information content (AvgIpc) is 2.97. The summed E-state index contributed by atoms with van der Waals surface area (Å²) in [6, 6.07) is 7.72. The van der Waals surface area contributed by atoms with E-state index in [0.29, 0.717) is 44.7 Å². The number of ether oxygens (including phenoxy) is 2. The lowest BCUT2D eigenvalue weighted by atomic mass is 10.3. The van der Waals surface area contributed by atoms with Crippen LogP contribution < -0.4 is 20.1 Å². The van der Waals surface area contributed by atoms with E-state index in [9.17, 15) is 19.2 Å². The van der Waals surface area contributed by atoms with Gasteiger partial charge in [-0.3, -0.25) is 0 Å². The Bertz CT molecular complexity index is 1270. The minimum Gasteiger partial charge on any atom is -0.491 e. The number of likely N-dealkylation sites (N-methyl/N-ethyl adjacent to an activating group) is 2. The molecule has 2 N–H and O–H groups in total. The highest BCUT2D eigenvalue weighted by Gasteiger charge is 2.20. The molecule has 18 heteroatoms. The standard InChI is InChI=1S/C30H38Cl4N6O8/c1-37(2)9-7-35-29(43)39(11-13-45-25-17-21(31)15-22(32)18-25)47-27(41)5-6-28(42)48-40(30(44)36-8-10-38(3)4)12-14-46-26-19-23(33)16-24(34)20-26/h5-6,15-20H,7-14H2,1-4H3,(H,35,43)(H,36,44)/b6-5+. The molecule has 2 rings (SSSR count). The van der Waals surface area contributed by atoms with Crippen molar-refractivity contribution in [3.8, 4) is 11.5 Å². The third kappa shape index (κ3) is 16.9. The number of nitrogens with one attached hydrogen (secondary N) is 2. The zero-order chi connectivity index (χ0) is 35.6. The van der Waals surface area contributed by atoms with Gasteiger partial charge >= 0.3 is 24.0 Å². The van der Waals surface area contributed by atoms with E-state index < -0.39 is 24.0 Å². The molecule has 0 spiro atoms. The zero-order valence-electron chi connectivity index (χ0n) is 26.8. The van der Waals surface area contributed by atoms with Gasteiger partial charge < -0.3 is 39.6 Å². The number of nitrogens with zero attached hydrogens (tertiary/aromatic N) is 4. The summed E-state index contributed by atoms with van der Waals surface area (Å²) < 4.78 is 11.2. The van der Waals surface area contributed by atoms with Crippen LogP contribution in [0.4, 0.5) is 9.59 Å². The Hall–Kier alpha value is -3.66. The summed E-state index contributed by atoms with van der Waals surface area (Å²) in [5.41, 5.74) is 0. The molecule has 2 aromatic carbocycles. The van der Waals surface area contributed by atoms with Crippen LogP contribution in [-0.2, 0) is 19.3 Å². The molecule has 2 aromatic rings. The van der Waals surface area contributed by atoms with Crippen molar-refractivity contribution in [1.29, 1.82) is 0 Å². The topological polar surface area (TPSA) is 142 Å². The first-order chi connectivity index (χ1) is 22.7. The fourth-order valence-corrected chi connectivity index (χ4v) is 4.47. The van der Waals surface area contributed by atoms with Gasteiger partial charge in [0.1, 0.15) is 24.7 Å². The average molecular weight is 752 g/mol. The minimum absolute atomic E-state index is 0.0990. The number of hydroxylamine groups is 4. The number of rotatable bonds is 16. The molecule has 48 heavy (non-hydrogen) atoms.